The molecule has 2 atom stereocenters. The molecular formula is C20H39NO4. The Morgan fingerprint density at radius 1 is 1.00 bits per heavy atom. The van der Waals surface area contributed by atoms with Gasteiger partial charge in [0, 0.05) is 18.8 Å². The number of carboxylic acid groups (broad SMARTS) is 1. The highest BCUT2D eigenvalue weighted by Crippen LogP contribution is 2.17. The van der Waals surface area contributed by atoms with E-state index in [-0.39, 0.29) is 12.4 Å². The molecule has 0 aliphatic rings. The number of quaternary nitrogens is 1. The third-order valence-electron chi connectivity index (χ3n) is 4.32. The Kier molecular flexibility index (Phi) is 12.6. The number of carbonyl (C=O) groups is 2. The molecule has 0 bridgehead atoms. The third-order valence-corrected chi connectivity index (χ3v) is 4.32. The fourth-order valence-electron chi connectivity index (χ4n) is 3.00. The Morgan fingerprint density at radius 3 is 2.16 bits per heavy atom. The third kappa shape index (κ3) is 16.1. The van der Waals surface area contributed by atoms with Gasteiger partial charge in [-0.1, -0.05) is 58.8 Å². The second-order valence-electron chi connectivity index (χ2n) is 8.36. The van der Waals surface area contributed by atoms with Crippen LogP contribution in [-0.2, 0) is 14.3 Å². The van der Waals surface area contributed by atoms with Gasteiger partial charge in [0.1, 0.15) is 6.54 Å². The summed E-state index contributed by atoms with van der Waals surface area (Å²) in [6, 6.07) is 0. The van der Waals surface area contributed by atoms with Crippen molar-refractivity contribution in [2.24, 2.45) is 5.92 Å². The molecule has 5 heteroatoms. The van der Waals surface area contributed by atoms with Crippen LogP contribution in [-0.4, -0.2) is 50.2 Å². The maximum Gasteiger partial charge on any atom is 0.306 e. The van der Waals surface area contributed by atoms with Crippen molar-refractivity contribution in [1.82, 2.24) is 0 Å². The number of rotatable bonds is 15. The molecule has 0 heterocycles. The van der Waals surface area contributed by atoms with Gasteiger partial charge in [0.05, 0.1) is 21.1 Å². The standard InChI is InChI=1S/C20H39NO4/c1-6-7-12-17(2)13-10-8-9-11-14-20(24)25-18(15-19(22)23)16-21(3,4)5/h17-18H,6-16H2,1-5H3. The molecule has 0 aliphatic carbocycles. The fraction of sp³-hybridized carbons (Fsp3) is 0.900. The Morgan fingerprint density at radius 2 is 1.60 bits per heavy atom. The maximum atomic E-state index is 11.9. The van der Waals surface area contributed by atoms with Gasteiger partial charge in [-0.3, -0.25) is 4.79 Å². The molecule has 0 N–H and O–H groups in total. The van der Waals surface area contributed by atoms with Crippen molar-refractivity contribution >= 4 is 11.9 Å². The summed E-state index contributed by atoms with van der Waals surface area (Å²) in [5, 5.41) is 10.8. The van der Waals surface area contributed by atoms with Crippen LogP contribution in [0.25, 0.3) is 0 Å². The zero-order valence-corrected chi connectivity index (χ0v) is 17.0. The first kappa shape index (κ1) is 23.9. The molecule has 0 aromatic carbocycles. The van der Waals surface area contributed by atoms with Crippen molar-refractivity contribution < 1.29 is 23.9 Å². The number of esters is 1. The van der Waals surface area contributed by atoms with Crippen LogP contribution < -0.4 is 5.11 Å². The van der Waals surface area contributed by atoms with Gasteiger partial charge in [-0.05, 0) is 12.3 Å². The largest absolute Gasteiger partial charge is 0.550 e. The van der Waals surface area contributed by atoms with Gasteiger partial charge in [0.25, 0.3) is 0 Å². The normalized spacial score (nSPS) is 14.1. The lowest BCUT2D eigenvalue weighted by molar-refractivity contribution is -0.873. The number of nitrogens with zero attached hydrogens (tertiary/aromatic N) is 1. The number of unbranched alkanes of at least 4 members (excludes halogenated alkanes) is 4. The van der Waals surface area contributed by atoms with Crippen molar-refractivity contribution in [3.05, 3.63) is 0 Å². The van der Waals surface area contributed by atoms with E-state index in [2.05, 4.69) is 13.8 Å². The lowest BCUT2D eigenvalue weighted by atomic mass is 9.97. The van der Waals surface area contributed by atoms with E-state index in [1.165, 1.54) is 32.1 Å². The number of hydrogen-bond donors (Lipinski definition) is 0. The van der Waals surface area contributed by atoms with Crippen LogP contribution in [0.15, 0.2) is 0 Å². The quantitative estimate of drug-likeness (QED) is 0.257. The Balaban J connectivity index is 3.90. The summed E-state index contributed by atoms with van der Waals surface area (Å²) in [6.07, 6.45) is 8.87. The van der Waals surface area contributed by atoms with E-state index >= 15 is 0 Å². The summed E-state index contributed by atoms with van der Waals surface area (Å²) < 4.78 is 5.89. The van der Waals surface area contributed by atoms with Gasteiger partial charge < -0.3 is 19.1 Å². The second-order valence-corrected chi connectivity index (χ2v) is 8.36. The van der Waals surface area contributed by atoms with Crippen LogP contribution in [0, 0.1) is 5.92 Å². The molecule has 0 fully saturated rings. The van der Waals surface area contributed by atoms with Crippen molar-refractivity contribution in [2.75, 3.05) is 27.7 Å². The molecule has 0 spiro atoms. The second kappa shape index (κ2) is 13.2. The zero-order chi connectivity index (χ0) is 19.3. The highest BCUT2D eigenvalue weighted by Gasteiger charge is 2.22. The van der Waals surface area contributed by atoms with E-state index < -0.39 is 12.1 Å². The highest BCUT2D eigenvalue weighted by molar-refractivity contribution is 5.70. The van der Waals surface area contributed by atoms with Gasteiger partial charge in [-0.15, -0.1) is 0 Å². The minimum absolute atomic E-state index is 0.239. The number of carboxylic acids is 1. The SMILES string of the molecule is CCCCC(C)CCCCCCC(=O)OC(CC(=O)[O-])C[N+](C)(C)C. The van der Waals surface area contributed by atoms with Gasteiger partial charge in [0.2, 0.25) is 0 Å². The summed E-state index contributed by atoms with van der Waals surface area (Å²) >= 11 is 0. The Labute approximate surface area is 154 Å². The molecule has 0 aromatic heterocycles. The van der Waals surface area contributed by atoms with E-state index in [1.54, 1.807) is 0 Å². The summed E-state index contributed by atoms with van der Waals surface area (Å²) in [5.41, 5.74) is 0. The number of likely N-dealkylation sites (N-methyl/N-ethyl adjacent to an activating group) is 1. The van der Waals surface area contributed by atoms with E-state index in [1.807, 2.05) is 21.1 Å². The summed E-state index contributed by atoms with van der Waals surface area (Å²) in [6.45, 7) is 5.01. The van der Waals surface area contributed by atoms with Crippen LogP contribution in [0.4, 0.5) is 0 Å². The molecular weight excluding hydrogens is 318 g/mol. The van der Waals surface area contributed by atoms with Gasteiger partial charge in [-0.2, -0.15) is 0 Å². The summed E-state index contributed by atoms with van der Waals surface area (Å²) in [4.78, 5) is 22.8. The van der Waals surface area contributed by atoms with Crippen LogP contribution in [0.3, 0.4) is 0 Å². The van der Waals surface area contributed by atoms with Crippen LogP contribution >= 0.6 is 0 Å². The first-order valence-corrected chi connectivity index (χ1v) is 9.83. The number of carbonyl (C=O) groups excluding carboxylic acids is 2. The topological polar surface area (TPSA) is 66.4 Å². The molecule has 2 unspecified atom stereocenters. The van der Waals surface area contributed by atoms with Crippen molar-refractivity contribution in [3.8, 4) is 0 Å². The molecule has 25 heavy (non-hydrogen) atoms. The molecule has 0 amide bonds. The van der Waals surface area contributed by atoms with Crippen LogP contribution in [0.5, 0.6) is 0 Å². The van der Waals surface area contributed by atoms with Crippen molar-refractivity contribution in [2.45, 2.75) is 84.2 Å². The monoisotopic (exact) mass is 357 g/mol. The van der Waals surface area contributed by atoms with E-state index in [0.29, 0.717) is 17.4 Å². The summed E-state index contributed by atoms with van der Waals surface area (Å²) in [7, 11) is 5.83. The lowest BCUT2D eigenvalue weighted by Crippen LogP contribution is -2.45. The lowest BCUT2D eigenvalue weighted by Gasteiger charge is -2.29. The predicted octanol–water partition coefficient (Wildman–Crippen LogP) is 2.91. The number of hydrogen-bond acceptors (Lipinski definition) is 4. The van der Waals surface area contributed by atoms with E-state index in [9.17, 15) is 14.7 Å². The van der Waals surface area contributed by atoms with Crippen molar-refractivity contribution in [3.63, 3.8) is 0 Å². The van der Waals surface area contributed by atoms with Gasteiger partial charge in [0.15, 0.2) is 6.10 Å². The summed E-state index contributed by atoms with van der Waals surface area (Å²) in [5.74, 6) is -0.676. The Hall–Kier alpha value is -1.10. The molecule has 0 aromatic rings. The highest BCUT2D eigenvalue weighted by atomic mass is 16.5. The number of aliphatic carboxylic acids is 1. The minimum Gasteiger partial charge on any atom is -0.550 e. The van der Waals surface area contributed by atoms with E-state index in [4.69, 9.17) is 4.74 Å². The average molecular weight is 358 g/mol. The van der Waals surface area contributed by atoms with Crippen molar-refractivity contribution in [1.29, 1.82) is 0 Å². The van der Waals surface area contributed by atoms with Crippen LogP contribution in [0.1, 0.15) is 78.1 Å². The predicted molar refractivity (Wildman–Crippen MR) is 98.8 cm³/mol. The first-order chi connectivity index (χ1) is 11.6. The molecule has 0 saturated heterocycles. The molecule has 0 aliphatic heterocycles. The first-order valence-electron chi connectivity index (χ1n) is 9.83. The van der Waals surface area contributed by atoms with E-state index in [0.717, 1.165) is 25.2 Å². The molecule has 0 radical (unpaired) electrons. The molecule has 0 saturated carbocycles. The smallest absolute Gasteiger partial charge is 0.306 e. The van der Waals surface area contributed by atoms with Gasteiger partial charge >= 0.3 is 5.97 Å². The van der Waals surface area contributed by atoms with Crippen LogP contribution in [0.2, 0.25) is 0 Å². The average Bonchev–Trinajstić information content (AvgIpc) is 2.46. The zero-order valence-electron chi connectivity index (χ0n) is 17.0. The minimum atomic E-state index is -1.18. The maximum absolute atomic E-state index is 11.9. The molecule has 148 valence electrons. The fourth-order valence-corrected chi connectivity index (χ4v) is 3.00. The number of ether oxygens (including phenoxy) is 1. The van der Waals surface area contributed by atoms with Gasteiger partial charge in [-0.25, -0.2) is 0 Å². The molecule has 5 nitrogen and oxygen atoms in total. The Bertz CT molecular complexity index is 376. The molecule has 0 rings (SSSR count).